The number of phenols is 1. The first-order valence-corrected chi connectivity index (χ1v) is 14.8. The first-order valence-electron chi connectivity index (χ1n) is 14.8. The van der Waals surface area contributed by atoms with Crippen molar-refractivity contribution < 1.29 is 14.4 Å². The average Bonchev–Trinajstić information content (AvgIpc) is 3.59. The molecule has 0 amide bonds. The smallest absolute Gasteiger partial charge is 0.254 e. The van der Waals surface area contributed by atoms with Crippen LogP contribution in [-0.4, -0.2) is 106 Å². The van der Waals surface area contributed by atoms with Gasteiger partial charge in [0.1, 0.15) is 18.1 Å². The molecule has 5 heterocycles. The van der Waals surface area contributed by atoms with Crippen molar-refractivity contribution in [3.63, 3.8) is 0 Å². The Labute approximate surface area is 241 Å². The van der Waals surface area contributed by atoms with Crippen LogP contribution < -0.4 is 4.74 Å². The van der Waals surface area contributed by atoms with E-state index in [4.69, 9.17) is 9.26 Å². The quantitative estimate of drug-likeness (QED) is 0.280. The van der Waals surface area contributed by atoms with Crippen LogP contribution in [0.3, 0.4) is 0 Å². The number of ether oxygens (including phenoxy) is 1. The van der Waals surface area contributed by atoms with Crippen molar-refractivity contribution in [2.75, 3.05) is 65.5 Å². The lowest BCUT2D eigenvalue weighted by Gasteiger charge is -2.41. The molecule has 218 valence electrons. The maximum absolute atomic E-state index is 10.2. The molecule has 0 spiro atoms. The minimum atomic E-state index is 0.218. The summed E-state index contributed by atoms with van der Waals surface area (Å²) in [7, 11) is 0. The number of H-pyrrole nitrogens is 1. The molecule has 2 N–H and O–H groups in total. The van der Waals surface area contributed by atoms with Gasteiger partial charge in [0.15, 0.2) is 5.65 Å². The Morgan fingerprint density at radius 2 is 1.68 bits per heavy atom. The molecular formula is C31H41N7O3. The highest BCUT2D eigenvalue weighted by molar-refractivity contribution is 5.81. The number of nitrogens with zero attached hydrogens (tertiary/aromatic N) is 6. The minimum Gasteiger partial charge on any atom is -0.507 e. The van der Waals surface area contributed by atoms with Crippen LogP contribution in [0.4, 0.5) is 0 Å². The number of likely N-dealkylation sites (tertiary alicyclic amines) is 1. The monoisotopic (exact) mass is 559 g/mol. The normalized spacial score (nSPS) is 18.2. The van der Waals surface area contributed by atoms with Crippen LogP contribution in [0.5, 0.6) is 11.6 Å². The Morgan fingerprint density at radius 3 is 2.44 bits per heavy atom. The van der Waals surface area contributed by atoms with E-state index >= 15 is 0 Å². The van der Waals surface area contributed by atoms with E-state index in [2.05, 4.69) is 61.9 Å². The average molecular weight is 560 g/mol. The number of nitrogens with one attached hydrogen (secondary N) is 1. The van der Waals surface area contributed by atoms with Crippen molar-refractivity contribution in [3.8, 4) is 22.9 Å². The molecule has 4 aromatic rings. The summed E-state index contributed by atoms with van der Waals surface area (Å²) in [6.07, 6.45) is 0. The van der Waals surface area contributed by atoms with Crippen LogP contribution in [0, 0.1) is 5.92 Å². The Hall–Kier alpha value is -3.47. The number of aromatic amines is 1. The third-order valence-corrected chi connectivity index (χ3v) is 8.78. The summed E-state index contributed by atoms with van der Waals surface area (Å²) in [5.74, 6) is 3.04. The molecule has 0 aliphatic carbocycles. The van der Waals surface area contributed by atoms with Crippen LogP contribution in [0.15, 0.2) is 47.0 Å². The molecule has 0 bridgehead atoms. The van der Waals surface area contributed by atoms with Gasteiger partial charge in [0.05, 0.1) is 5.69 Å². The van der Waals surface area contributed by atoms with Crippen molar-refractivity contribution >= 4 is 11.0 Å². The zero-order chi connectivity index (χ0) is 28.3. The third kappa shape index (κ3) is 6.39. The van der Waals surface area contributed by atoms with Gasteiger partial charge in [0.2, 0.25) is 0 Å². The lowest BCUT2D eigenvalue weighted by atomic mass is 9.96. The molecule has 1 atom stereocenters. The van der Waals surface area contributed by atoms with Gasteiger partial charge in [-0.15, -0.1) is 10.2 Å². The fourth-order valence-electron chi connectivity index (χ4n) is 5.63. The number of aromatic nitrogens is 4. The first-order chi connectivity index (χ1) is 19.9. The Kier molecular flexibility index (Phi) is 8.23. The SMILES string of the molecule is CC(C)[C@@H](C)c1cc(OCCN2CCN(CCN3CC(c4cc5cc(-c6ccccc6O)nnc5[nH]4)C3)CC2)no1. The summed E-state index contributed by atoms with van der Waals surface area (Å²) in [6.45, 7) is 16.7. The Bertz CT molecular complexity index is 1440. The van der Waals surface area contributed by atoms with E-state index in [1.807, 2.05) is 30.3 Å². The maximum Gasteiger partial charge on any atom is 0.254 e. The van der Waals surface area contributed by atoms with Gasteiger partial charge < -0.3 is 24.3 Å². The van der Waals surface area contributed by atoms with E-state index in [0.717, 1.165) is 75.7 Å². The summed E-state index contributed by atoms with van der Waals surface area (Å²) >= 11 is 0. The second-order valence-electron chi connectivity index (χ2n) is 11.9. The van der Waals surface area contributed by atoms with Crippen LogP contribution in [0.25, 0.3) is 22.3 Å². The maximum atomic E-state index is 10.2. The molecule has 0 radical (unpaired) electrons. The van der Waals surface area contributed by atoms with Crippen LogP contribution in [0.1, 0.15) is 44.1 Å². The van der Waals surface area contributed by atoms with E-state index in [1.165, 1.54) is 5.69 Å². The molecule has 0 unspecified atom stereocenters. The fraction of sp³-hybridized carbons (Fsp3) is 0.516. The van der Waals surface area contributed by atoms with Crippen molar-refractivity contribution in [3.05, 3.63) is 53.9 Å². The minimum absolute atomic E-state index is 0.218. The number of phenolic OH excluding ortho intramolecular Hbond substituents is 1. The number of hydrogen-bond acceptors (Lipinski definition) is 9. The zero-order valence-electron chi connectivity index (χ0n) is 24.3. The van der Waals surface area contributed by atoms with Gasteiger partial charge in [0.25, 0.3) is 5.88 Å². The largest absolute Gasteiger partial charge is 0.507 e. The highest BCUT2D eigenvalue weighted by Crippen LogP contribution is 2.32. The third-order valence-electron chi connectivity index (χ3n) is 8.78. The number of benzene rings is 1. The van der Waals surface area contributed by atoms with E-state index in [1.54, 1.807) is 6.07 Å². The summed E-state index contributed by atoms with van der Waals surface area (Å²) in [5.41, 5.74) is 3.40. The number of para-hydroxylation sites is 1. The number of piperazine rings is 1. The Balaban J connectivity index is 0.894. The van der Waals surface area contributed by atoms with Crippen LogP contribution in [-0.2, 0) is 0 Å². The van der Waals surface area contributed by atoms with Gasteiger partial charge in [0, 0.05) is 93.4 Å². The molecule has 6 rings (SSSR count). The standard InChI is InChI=1S/C31H41N7O3/c1-21(2)22(3)29-18-30(35-41-29)40-15-14-37-10-8-36(9-11-37)12-13-38-19-24(20-38)26-16-23-17-27(33-34-31(23)32-26)25-6-4-5-7-28(25)39/h4-7,16-18,21-22,24,39H,8-15,19-20H2,1-3H3,(H,32,34)/t22-/m1/s1. The van der Waals surface area contributed by atoms with Crippen molar-refractivity contribution in [1.29, 1.82) is 0 Å². The number of hydrogen-bond donors (Lipinski definition) is 2. The summed E-state index contributed by atoms with van der Waals surface area (Å²) in [4.78, 5) is 11.0. The highest BCUT2D eigenvalue weighted by atomic mass is 16.5. The molecule has 2 fully saturated rings. The fourth-order valence-corrected chi connectivity index (χ4v) is 5.63. The lowest BCUT2D eigenvalue weighted by molar-refractivity contribution is 0.0852. The number of aromatic hydroxyl groups is 1. The number of rotatable bonds is 11. The van der Waals surface area contributed by atoms with E-state index in [-0.39, 0.29) is 5.75 Å². The zero-order valence-corrected chi connectivity index (χ0v) is 24.3. The van der Waals surface area contributed by atoms with Crippen molar-refractivity contribution in [2.45, 2.75) is 32.6 Å². The molecule has 10 nitrogen and oxygen atoms in total. The summed E-state index contributed by atoms with van der Waals surface area (Å²) in [6, 6.07) is 13.4. The van der Waals surface area contributed by atoms with Gasteiger partial charge >= 0.3 is 0 Å². The molecule has 41 heavy (non-hydrogen) atoms. The molecule has 2 aliphatic rings. The molecule has 3 aromatic heterocycles. The van der Waals surface area contributed by atoms with Crippen molar-refractivity contribution in [2.24, 2.45) is 5.92 Å². The Morgan fingerprint density at radius 1 is 0.951 bits per heavy atom. The van der Waals surface area contributed by atoms with E-state index in [9.17, 15) is 5.11 Å². The molecule has 10 heteroatoms. The predicted octanol–water partition coefficient (Wildman–Crippen LogP) is 4.17. The highest BCUT2D eigenvalue weighted by Gasteiger charge is 2.30. The van der Waals surface area contributed by atoms with Crippen LogP contribution in [0.2, 0.25) is 0 Å². The molecule has 0 saturated carbocycles. The summed E-state index contributed by atoms with van der Waals surface area (Å²) in [5, 5.41) is 24.0. The first kappa shape index (κ1) is 27.7. The van der Waals surface area contributed by atoms with Crippen LogP contribution >= 0.6 is 0 Å². The van der Waals surface area contributed by atoms with Gasteiger partial charge in [-0.25, -0.2) is 0 Å². The van der Waals surface area contributed by atoms with Gasteiger partial charge in [-0.1, -0.05) is 32.9 Å². The van der Waals surface area contributed by atoms with E-state index in [0.29, 0.717) is 41.5 Å². The van der Waals surface area contributed by atoms with Gasteiger partial charge in [-0.05, 0) is 35.3 Å². The molecule has 2 saturated heterocycles. The predicted molar refractivity (Wildman–Crippen MR) is 158 cm³/mol. The van der Waals surface area contributed by atoms with Gasteiger partial charge in [-0.2, -0.15) is 0 Å². The number of fused-ring (bicyclic) bond motifs is 1. The molecular weight excluding hydrogens is 518 g/mol. The van der Waals surface area contributed by atoms with Gasteiger partial charge in [-0.3, -0.25) is 9.80 Å². The lowest BCUT2D eigenvalue weighted by Crippen LogP contribution is -2.52. The second kappa shape index (κ2) is 12.2. The van der Waals surface area contributed by atoms with Crippen molar-refractivity contribution in [1.82, 2.24) is 35.0 Å². The van der Waals surface area contributed by atoms with E-state index < -0.39 is 0 Å². The molecule has 2 aliphatic heterocycles. The summed E-state index contributed by atoms with van der Waals surface area (Å²) < 4.78 is 11.3. The molecule has 1 aromatic carbocycles. The topological polar surface area (TPSA) is 107 Å². The second-order valence-corrected chi connectivity index (χ2v) is 11.9.